The lowest BCUT2D eigenvalue weighted by Crippen LogP contribution is -2.45. The molecule has 0 aromatic rings. The summed E-state index contributed by atoms with van der Waals surface area (Å²) in [6.45, 7) is 4.41. The van der Waals surface area contributed by atoms with Gasteiger partial charge in [0.2, 0.25) is 5.91 Å². The molecule has 1 amide bonds. The van der Waals surface area contributed by atoms with Crippen molar-refractivity contribution in [1.82, 2.24) is 5.32 Å². The molecule has 0 radical (unpaired) electrons. The molecule has 0 aromatic carbocycles. The van der Waals surface area contributed by atoms with Gasteiger partial charge in [0, 0.05) is 6.42 Å². The minimum absolute atomic E-state index is 0.0225. The van der Waals surface area contributed by atoms with Crippen molar-refractivity contribution in [3.05, 3.63) is 72.9 Å². The number of quaternary nitrogens is 1. The maximum Gasteiger partial charge on any atom is 0.268 e. The number of carbonyl (C=O) groups excluding carboxylic acids is 1. The van der Waals surface area contributed by atoms with Crippen molar-refractivity contribution >= 4 is 13.7 Å². The van der Waals surface area contributed by atoms with Gasteiger partial charge in [-0.3, -0.25) is 9.36 Å². The smallest absolute Gasteiger partial charge is 0.268 e. The van der Waals surface area contributed by atoms with Crippen molar-refractivity contribution in [3.8, 4) is 0 Å². The first-order valence-corrected chi connectivity index (χ1v) is 21.3. The molecule has 3 unspecified atom stereocenters. The summed E-state index contributed by atoms with van der Waals surface area (Å²) in [4.78, 5) is 25.1. The molecule has 0 spiro atoms. The van der Waals surface area contributed by atoms with Crippen LogP contribution in [0.4, 0.5) is 0 Å². The van der Waals surface area contributed by atoms with E-state index in [1.807, 2.05) is 39.4 Å². The fourth-order valence-corrected chi connectivity index (χ4v) is 5.72. The molecule has 51 heavy (non-hydrogen) atoms. The lowest BCUT2D eigenvalue weighted by molar-refractivity contribution is -0.870. The lowest BCUT2D eigenvalue weighted by Gasteiger charge is -2.29. The van der Waals surface area contributed by atoms with E-state index < -0.39 is 26.6 Å². The van der Waals surface area contributed by atoms with Crippen LogP contribution in [0.25, 0.3) is 0 Å². The second kappa shape index (κ2) is 33.8. The molecule has 0 aliphatic rings. The van der Waals surface area contributed by atoms with Crippen molar-refractivity contribution < 1.29 is 32.9 Å². The van der Waals surface area contributed by atoms with Gasteiger partial charge in [-0.15, -0.1) is 0 Å². The van der Waals surface area contributed by atoms with Gasteiger partial charge in [-0.05, 0) is 57.8 Å². The Hall–Kier alpha value is -2.06. The van der Waals surface area contributed by atoms with Crippen molar-refractivity contribution in [3.63, 3.8) is 0 Å². The van der Waals surface area contributed by atoms with E-state index in [1.165, 1.54) is 64.2 Å². The van der Waals surface area contributed by atoms with Gasteiger partial charge in [0.1, 0.15) is 13.2 Å². The number of phosphoric ester groups is 1. The Bertz CT molecular complexity index is 1060. The largest absolute Gasteiger partial charge is 0.756 e. The normalized spacial score (nSPS) is 15.4. The van der Waals surface area contributed by atoms with Gasteiger partial charge < -0.3 is 28.8 Å². The average Bonchev–Trinajstić information content (AvgIpc) is 3.07. The third-order valence-electron chi connectivity index (χ3n) is 8.16. The standard InChI is InChI=1S/C42H75N2O6P/c1-6-8-10-12-14-16-18-20-21-22-24-25-27-29-31-33-35-41(45)40(39-50-51(47,48)49-38-37-44(3,4)5)43-42(46)36-34-32-30-28-26-23-19-17-15-13-11-9-7-2/h9,11,15,17,23,25-27,30,32-33,35,40-41,45H,6-8,10,12-14,16,18-22,24,28-29,31,34,36-39H2,1-5H3,(H-,43,46,47,48)/b11-9-,17-15-,26-23-,27-25+,32-30-,35-33+. The van der Waals surface area contributed by atoms with E-state index >= 15 is 0 Å². The SMILES string of the molecule is CC/C=C\C/C=C\C/C=C\C/C=C\CCC(=O)NC(COP(=O)([O-])OCC[N+](C)(C)C)C(O)/C=C/CC/C=C/CCCCCCCCCCCC. The lowest BCUT2D eigenvalue weighted by atomic mass is 10.1. The van der Waals surface area contributed by atoms with Gasteiger partial charge in [0.25, 0.3) is 7.82 Å². The maximum atomic E-state index is 12.7. The zero-order valence-electron chi connectivity index (χ0n) is 33.0. The molecule has 0 heterocycles. The van der Waals surface area contributed by atoms with Gasteiger partial charge in [0.15, 0.2) is 0 Å². The number of hydrogen-bond acceptors (Lipinski definition) is 6. The Kier molecular flexibility index (Phi) is 32.4. The summed E-state index contributed by atoms with van der Waals surface area (Å²) in [5.74, 6) is -0.292. The molecule has 0 aromatic heterocycles. The molecule has 0 aliphatic heterocycles. The minimum Gasteiger partial charge on any atom is -0.756 e. The number of nitrogens with zero attached hydrogens (tertiary/aromatic N) is 1. The van der Waals surface area contributed by atoms with Gasteiger partial charge in [0.05, 0.1) is 39.9 Å². The molecular weight excluding hydrogens is 659 g/mol. The molecule has 294 valence electrons. The van der Waals surface area contributed by atoms with Crippen LogP contribution in [-0.2, 0) is 18.4 Å². The topological polar surface area (TPSA) is 108 Å². The maximum absolute atomic E-state index is 12.7. The predicted octanol–water partition coefficient (Wildman–Crippen LogP) is 9.83. The van der Waals surface area contributed by atoms with Crippen LogP contribution >= 0.6 is 7.82 Å². The molecule has 9 heteroatoms. The molecule has 0 fully saturated rings. The number of amides is 1. The monoisotopic (exact) mass is 735 g/mol. The molecule has 0 aliphatic carbocycles. The Balaban J connectivity index is 4.69. The highest BCUT2D eigenvalue weighted by Crippen LogP contribution is 2.38. The first kappa shape index (κ1) is 48.9. The van der Waals surface area contributed by atoms with E-state index in [9.17, 15) is 19.4 Å². The first-order valence-electron chi connectivity index (χ1n) is 19.8. The zero-order chi connectivity index (χ0) is 37.9. The number of rotatable bonds is 34. The Morgan fingerprint density at radius 3 is 1.80 bits per heavy atom. The fraction of sp³-hybridized carbons (Fsp3) is 0.690. The van der Waals surface area contributed by atoms with E-state index in [4.69, 9.17) is 9.05 Å². The second-order valence-electron chi connectivity index (χ2n) is 14.2. The molecule has 0 bridgehead atoms. The zero-order valence-corrected chi connectivity index (χ0v) is 33.9. The van der Waals surface area contributed by atoms with E-state index in [2.05, 4.69) is 67.8 Å². The summed E-state index contributed by atoms with van der Waals surface area (Å²) in [7, 11) is 1.19. The predicted molar refractivity (Wildman–Crippen MR) is 214 cm³/mol. The Morgan fingerprint density at radius 2 is 1.22 bits per heavy atom. The van der Waals surface area contributed by atoms with E-state index in [-0.39, 0.29) is 18.9 Å². The molecule has 3 atom stereocenters. The van der Waals surface area contributed by atoms with Crippen molar-refractivity contribution in [2.24, 2.45) is 0 Å². The first-order chi connectivity index (χ1) is 24.5. The Labute approximate surface area is 313 Å². The highest BCUT2D eigenvalue weighted by Gasteiger charge is 2.23. The highest BCUT2D eigenvalue weighted by molar-refractivity contribution is 7.45. The van der Waals surface area contributed by atoms with Crippen LogP contribution in [0.2, 0.25) is 0 Å². The number of unbranched alkanes of at least 4 members (excludes halogenated alkanes) is 11. The second-order valence-corrected chi connectivity index (χ2v) is 15.7. The molecule has 0 saturated carbocycles. The van der Waals surface area contributed by atoms with Crippen LogP contribution in [0.5, 0.6) is 0 Å². The molecule has 0 rings (SSSR count). The summed E-state index contributed by atoms with van der Waals surface area (Å²) >= 11 is 0. The van der Waals surface area contributed by atoms with Crippen LogP contribution in [0.1, 0.15) is 136 Å². The Morgan fingerprint density at radius 1 is 0.706 bits per heavy atom. The summed E-state index contributed by atoms with van der Waals surface area (Å²) < 4.78 is 23.0. The van der Waals surface area contributed by atoms with Crippen LogP contribution in [0, 0.1) is 0 Å². The number of nitrogens with one attached hydrogen (secondary N) is 1. The number of aliphatic hydroxyl groups is 1. The third kappa shape index (κ3) is 36.1. The number of phosphoric acid groups is 1. The van der Waals surface area contributed by atoms with Crippen molar-refractivity contribution in [2.75, 3.05) is 40.9 Å². The van der Waals surface area contributed by atoms with Crippen molar-refractivity contribution in [2.45, 2.75) is 148 Å². The summed E-state index contributed by atoms with van der Waals surface area (Å²) in [5.41, 5.74) is 0. The number of aliphatic hydroxyl groups excluding tert-OH is 1. The molecular formula is C42H75N2O6P. The quantitative estimate of drug-likeness (QED) is 0.0295. The molecule has 0 saturated heterocycles. The number of allylic oxidation sites excluding steroid dienone is 11. The van der Waals surface area contributed by atoms with E-state index in [1.54, 1.807) is 6.08 Å². The van der Waals surface area contributed by atoms with Crippen LogP contribution in [-0.4, -0.2) is 68.5 Å². The summed E-state index contributed by atoms with van der Waals surface area (Å²) in [5, 5.41) is 13.6. The highest BCUT2D eigenvalue weighted by atomic mass is 31.2. The summed E-state index contributed by atoms with van der Waals surface area (Å²) in [6.07, 6.45) is 44.0. The summed E-state index contributed by atoms with van der Waals surface area (Å²) in [6, 6.07) is -0.942. The third-order valence-corrected chi connectivity index (χ3v) is 9.13. The van der Waals surface area contributed by atoms with Crippen molar-refractivity contribution in [1.29, 1.82) is 0 Å². The van der Waals surface area contributed by atoms with E-state index in [0.29, 0.717) is 17.4 Å². The average molecular weight is 735 g/mol. The van der Waals surface area contributed by atoms with Gasteiger partial charge in [-0.2, -0.15) is 0 Å². The van der Waals surface area contributed by atoms with E-state index in [0.717, 1.165) is 44.9 Å². The van der Waals surface area contributed by atoms with Crippen LogP contribution < -0.4 is 10.2 Å². The fourth-order valence-electron chi connectivity index (χ4n) is 5.00. The number of likely N-dealkylation sites (N-methyl/N-ethyl adjacent to an activating group) is 1. The van der Waals surface area contributed by atoms with Gasteiger partial charge in [-0.1, -0.05) is 145 Å². The van der Waals surface area contributed by atoms with Gasteiger partial charge in [-0.25, -0.2) is 0 Å². The van der Waals surface area contributed by atoms with Gasteiger partial charge >= 0.3 is 0 Å². The van der Waals surface area contributed by atoms with Crippen LogP contribution in [0.15, 0.2) is 72.9 Å². The number of carbonyl (C=O) groups is 1. The molecule has 8 nitrogen and oxygen atoms in total. The van der Waals surface area contributed by atoms with Crippen LogP contribution in [0.3, 0.4) is 0 Å². The number of hydrogen-bond donors (Lipinski definition) is 2. The minimum atomic E-state index is -4.61. The molecule has 2 N–H and O–H groups in total.